The molecule has 1 aliphatic rings. The first kappa shape index (κ1) is 10.6. The second-order valence-electron chi connectivity index (χ2n) is 4.09. The number of thioether (sulfide) groups is 1. The van der Waals surface area contributed by atoms with Crippen LogP contribution >= 0.6 is 11.8 Å². The van der Waals surface area contributed by atoms with Crippen LogP contribution in [0.25, 0.3) is 0 Å². The van der Waals surface area contributed by atoms with E-state index in [9.17, 15) is 0 Å². The molecule has 2 aromatic rings. The summed E-state index contributed by atoms with van der Waals surface area (Å²) < 4.78 is 0. The molecule has 0 radical (unpaired) electrons. The van der Waals surface area contributed by atoms with E-state index in [1.165, 1.54) is 16.2 Å². The lowest BCUT2D eigenvalue weighted by atomic mass is 10.1. The second kappa shape index (κ2) is 4.38. The van der Waals surface area contributed by atoms with Gasteiger partial charge in [-0.25, -0.2) is 0 Å². The third kappa shape index (κ3) is 2.01. The highest BCUT2D eigenvalue weighted by molar-refractivity contribution is 8.00. The van der Waals surface area contributed by atoms with E-state index in [0.717, 1.165) is 5.69 Å². The second-order valence-corrected chi connectivity index (χ2v) is 5.47. The number of nitrogens with zero attached hydrogens (tertiary/aromatic N) is 1. The Hall–Kier alpha value is -1.54. The lowest BCUT2D eigenvalue weighted by molar-refractivity contribution is 1.22. The third-order valence-electron chi connectivity index (χ3n) is 2.86. The minimum Gasteiger partial charge on any atom is -0.250 e. The van der Waals surface area contributed by atoms with E-state index >= 15 is 0 Å². The zero-order valence-corrected chi connectivity index (χ0v) is 10.4. The van der Waals surface area contributed by atoms with Crippen LogP contribution in [0.5, 0.6) is 0 Å². The molecule has 0 fully saturated rings. The SMILES string of the molecule is CC1Sc2ccccc2N=C1c1ccccc1. The molecule has 1 atom stereocenters. The quantitative estimate of drug-likeness (QED) is 0.722. The fourth-order valence-electron chi connectivity index (χ4n) is 2.02. The third-order valence-corrected chi connectivity index (χ3v) is 4.04. The number of benzene rings is 2. The normalized spacial score (nSPS) is 18.4. The van der Waals surface area contributed by atoms with E-state index in [1.54, 1.807) is 0 Å². The van der Waals surface area contributed by atoms with Crippen LogP contribution in [-0.2, 0) is 0 Å². The van der Waals surface area contributed by atoms with Crippen molar-refractivity contribution in [3.05, 3.63) is 60.2 Å². The van der Waals surface area contributed by atoms with Gasteiger partial charge in [0.05, 0.1) is 11.4 Å². The van der Waals surface area contributed by atoms with Gasteiger partial charge < -0.3 is 0 Å². The van der Waals surface area contributed by atoms with Crippen LogP contribution in [0.15, 0.2) is 64.5 Å². The first-order valence-electron chi connectivity index (χ1n) is 5.74. The van der Waals surface area contributed by atoms with Crippen LogP contribution in [0.4, 0.5) is 5.69 Å². The monoisotopic (exact) mass is 239 g/mol. The number of para-hydroxylation sites is 1. The van der Waals surface area contributed by atoms with Crippen molar-refractivity contribution in [2.75, 3.05) is 0 Å². The van der Waals surface area contributed by atoms with Crippen molar-refractivity contribution in [3.63, 3.8) is 0 Å². The average Bonchev–Trinajstić information content (AvgIpc) is 2.39. The summed E-state index contributed by atoms with van der Waals surface area (Å²) in [5.41, 5.74) is 3.49. The molecule has 2 heteroatoms. The van der Waals surface area contributed by atoms with Gasteiger partial charge in [-0.3, -0.25) is 4.99 Å². The summed E-state index contributed by atoms with van der Waals surface area (Å²) in [7, 11) is 0. The van der Waals surface area contributed by atoms with Crippen LogP contribution in [-0.4, -0.2) is 11.0 Å². The Balaban J connectivity index is 2.10. The van der Waals surface area contributed by atoms with E-state index in [-0.39, 0.29) is 0 Å². The minimum atomic E-state index is 0.410. The molecule has 1 unspecified atom stereocenters. The maximum absolute atomic E-state index is 4.79. The highest BCUT2D eigenvalue weighted by atomic mass is 32.2. The molecule has 0 amide bonds. The molecule has 0 N–H and O–H groups in total. The zero-order chi connectivity index (χ0) is 11.7. The maximum Gasteiger partial charge on any atom is 0.0769 e. The summed E-state index contributed by atoms with van der Waals surface area (Å²) in [5.74, 6) is 0. The highest BCUT2D eigenvalue weighted by Gasteiger charge is 2.20. The lowest BCUT2D eigenvalue weighted by Crippen LogP contribution is -2.17. The van der Waals surface area contributed by atoms with E-state index < -0.39 is 0 Å². The molecule has 2 aromatic carbocycles. The standard InChI is InChI=1S/C15H13NS/c1-11-15(12-7-3-2-4-8-12)16-13-9-5-6-10-14(13)17-11/h2-11H,1H3. The molecule has 1 heterocycles. The van der Waals surface area contributed by atoms with Crippen LogP contribution in [0.1, 0.15) is 12.5 Å². The largest absolute Gasteiger partial charge is 0.250 e. The van der Waals surface area contributed by atoms with Gasteiger partial charge in [-0.05, 0) is 24.6 Å². The lowest BCUT2D eigenvalue weighted by Gasteiger charge is -2.21. The van der Waals surface area contributed by atoms with Crippen LogP contribution in [0.2, 0.25) is 0 Å². The van der Waals surface area contributed by atoms with Crippen LogP contribution in [0, 0.1) is 0 Å². The molecular weight excluding hydrogens is 226 g/mol. The van der Waals surface area contributed by atoms with Gasteiger partial charge in [-0.15, -0.1) is 11.8 Å². The maximum atomic E-state index is 4.79. The zero-order valence-electron chi connectivity index (χ0n) is 9.63. The predicted molar refractivity (Wildman–Crippen MR) is 74.4 cm³/mol. The highest BCUT2D eigenvalue weighted by Crippen LogP contribution is 2.38. The summed E-state index contributed by atoms with van der Waals surface area (Å²) >= 11 is 1.88. The average molecular weight is 239 g/mol. The Morgan fingerprint density at radius 3 is 2.47 bits per heavy atom. The van der Waals surface area contributed by atoms with Gasteiger partial charge in [0.25, 0.3) is 0 Å². The summed E-state index contributed by atoms with van der Waals surface area (Å²) in [6.45, 7) is 2.21. The van der Waals surface area contributed by atoms with E-state index in [1.807, 2.05) is 23.9 Å². The van der Waals surface area contributed by atoms with E-state index in [2.05, 4.69) is 49.4 Å². The number of hydrogen-bond donors (Lipinski definition) is 0. The molecule has 0 aliphatic carbocycles. The molecular formula is C15H13NS. The first-order valence-corrected chi connectivity index (χ1v) is 6.62. The molecule has 1 nitrogen and oxygen atoms in total. The summed E-state index contributed by atoms with van der Waals surface area (Å²) in [4.78, 5) is 6.07. The number of aliphatic imine (C=N–C) groups is 1. The molecule has 1 aliphatic heterocycles. The molecule has 0 saturated heterocycles. The van der Waals surface area contributed by atoms with Crippen molar-refractivity contribution >= 4 is 23.2 Å². The summed E-state index contributed by atoms with van der Waals surface area (Å²) in [6.07, 6.45) is 0. The van der Waals surface area contributed by atoms with Gasteiger partial charge in [0.15, 0.2) is 0 Å². The van der Waals surface area contributed by atoms with Crippen molar-refractivity contribution in [2.45, 2.75) is 17.1 Å². The minimum absolute atomic E-state index is 0.410. The van der Waals surface area contributed by atoms with Crippen molar-refractivity contribution < 1.29 is 0 Å². The summed E-state index contributed by atoms with van der Waals surface area (Å²) in [6, 6.07) is 18.8. The smallest absolute Gasteiger partial charge is 0.0769 e. The Morgan fingerprint density at radius 1 is 0.941 bits per heavy atom. The van der Waals surface area contributed by atoms with Gasteiger partial charge >= 0.3 is 0 Å². The number of fused-ring (bicyclic) bond motifs is 1. The predicted octanol–water partition coefficient (Wildman–Crippen LogP) is 4.30. The first-order chi connectivity index (χ1) is 8.34. The molecule has 3 rings (SSSR count). The molecule has 0 spiro atoms. The van der Waals surface area contributed by atoms with Gasteiger partial charge in [-0.2, -0.15) is 0 Å². The fourth-order valence-corrected chi connectivity index (χ4v) is 3.10. The van der Waals surface area contributed by atoms with Gasteiger partial charge in [0, 0.05) is 10.1 Å². The Kier molecular flexibility index (Phi) is 2.73. The van der Waals surface area contributed by atoms with E-state index in [4.69, 9.17) is 4.99 Å². The molecule has 84 valence electrons. The number of rotatable bonds is 1. The Bertz CT molecular complexity index is 560. The summed E-state index contributed by atoms with van der Waals surface area (Å²) in [5, 5.41) is 0.410. The van der Waals surface area contributed by atoms with Gasteiger partial charge in [-0.1, -0.05) is 42.5 Å². The van der Waals surface area contributed by atoms with Crippen LogP contribution in [0.3, 0.4) is 0 Å². The van der Waals surface area contributed by atoms with Crippen LogP contribution < -0.4 is 0 Å². The molecule has 0 saturated carbocycles. The van der Waals surface area contributed by atoms with Crippen molar-refractivity contribution in [3.8, 4) is 0 Å². The fraction of sp³-hybridized carbons (Fsp3) is 0.133. The van der Waals surface area contributed by atoms with Crippen molar-refractivity contribution in [2.24, 2.45) is 4.99 Å². The molecule has 17 heavy (non-hydrogen) atoms. The van der Waals surface area contributed by atoms with Crippen molar-refractivity contribution in [1.29, 1.82) is 0 Å². The van der Waals surface area contributed by atoms with E-state index in [0.29, 0.717) is 5.25 Å². The Labute approximate surface area is 106 Å². The Morgan fingerprint density at radius 2 is 1.65 bits per heavy atom. The molecule has 0 aromatic heterocycles. The molecule has 0 bridgehead atoms. The van der Waals surface area contributed by atoms with Gasteiger partial charge in [0.1, 0.15) is 0 Å². The number of hydrogen-bond acceptors (Lipinski definition) is 2. The topological polar surface area (TPSA) is 12.4 Å². The van der Waals surface area contributed by atoms with Gasteiger partial charge in [0.2, 0.25) is 0 Å². The van der Waals surface area contributed by atoms with Crippen molar-refractivity contribution in [1.82, 2.24) is 0 Å².